The molecule has 1 saturated heterocycles. The molecule has 0 bridgehead atoms. The van der Waals surface area contributed by atoms with Crippen molar-refractivity contribution in [3.8, 4) is 6.07 Å². The van der Waals surface area contributed by atoms with Gasteiger partial charge in [0.2, 0.25) is 0 Å². The highest BCUT2D eigenvalue weighted by Crippen LogP contribution is 2.39. The minimum atomic E-state index is 0.431. The Morgan fingerprint density at radius 1 is 1.21 bits per heavy atom. The second-order valence-electron chi connectivity index (χ2n) is 5.92. The maximum Gasteiger partial charge on any atom is 0.0621 e. The summed E-state index contributed by atoms with van der Waals surface area (Å²) in [7, 11) is 0. The Hall–Kier alpha value is 0.150. The molecule has 1 heterocycles. The average molecular weight is 299 g/mol. The molecule has 2 aliphatic rings. The van der Waals surface area contributed by atoms with Crippen LogP contribution in [0.1, 0.15) is 44.9 Å². The van der Waals surface area contributed by atoms with E-state index < -0.39 is 0 Å². The number of hydrogen-bond donors (Lipinski definition) is 1. The van der Waals surface area contributed by atoms with Crippen molar-refractivity contribution in [1.82, 2.24) is 5.32 Å². The molecule has 0 amide bonds. The second kappa shape index (κ2) is 8.44. The second-order valence-corrected chi connectivity index (χ2v) is 8.48. The van der Waals surface area contributed by atoms with E-state index in [9.17, 15) is 0 Å². The van der Waals surface area contributed by atoms with Crippen LogP contribution in [0.5, 0.6) is 0 Å². The summed E-state index contributed by atoms with van der Waals surface area (Å²) >= 11 is 4.23. The molecule has 2 rings (SSSR count). The van der Waals surface area contributed by atoms with Gasteiger partial charge in [-0.2, -0.15) is 28.8 Å². The Labute approximate surface area is 126 Å². The average Bonchev–Trinajstić information content (AvgIpc) is 2.47. The van der Waals surface area contributed by atoms with Crippen LogP contribution in [0, 0.1) is 16.7 Å². The monoisotopic (exact) mass is 298 g/mol. The Morgan fingerprint density at radius 3 is 2.74 bits per heavy atom. The summed E-state index contributed by atoms with van der Waals surface area (Å²) in [5.74, 6) is 3.95. The van der Waals surface area contributed by atoms with Gasteiger partial charge in [0.25, 0.3) is 0 Å². The van der Waals surface area contributed by atoms with Gasteiger partial charge in [0.1, 0.15) is 0 Å². The summed E-state index contributed by atoms with van der Waals surface area (Å²) in [6.07, 6.45) is 8.60. The first-order valence-corrected chi connectivity index (χ1v) is 9.82. The minimum absolute atomic E-state index is 0.431. The van der Waals surface area contributed by atoms with Crippen LogP contribution in [0.25, 0.3) is 0 Å². The fraction of sp³-hybridized carbons (Fsp3) is 0.933. The lowest BCUT2D eigenvalue weighted by molar-refractivity contribution is 0.169. The molecule has 0 spiro atoms. The number of nitrogens with one attached hydrogen (secondary N) is 1. The molecule has 4 heteroatoms. The fourth-order valence-corrected chi connectivity index (χ4v) is 5.94. The Kier molecular flexibility index (Phi) is 6.90. The molecule has 2 fully saturated rings. The Bertz CT molecular complexity index is 289. The lowest BCUT2D eigenvalue weighted by atomic mass is 9.71. The van der Waals surface area contributed by atoms with Gasteiger partial charge in [-0.3, -0.25) is 0 Å². The molecule has 0 aromatic heterocycles. The molecule has 0 aromatic carbocycles. The van der Waals surface area contributed by atoms with Crippen LogP contribution in [-0.2, 0) is 0 Å². The van der Waals surface area contributed by atoms with Crippen molar-refractivity contribution >= 4 is 23.5 Å². The standard InChI is InChI=1S/C15H26N2S2/c16-8-4-7-15(5-2-1-3-6-15)13-17-11-14-12-18-9-10-19-14/h14,17H,1-7,9-13H2. The van der Waals surface area contributed by atoms with E-state index in [-0.39, 0.29) is 0 Å². The molecule has 108 valence electrons. The first kappa shape index (κ1) is 15.5. The maximum atomic E-state index is 8.86. The predicted molar refractivity (Wildman–Crippen MR) is 86.8 cm³/mol. The third kappa shape index (κ3) is 5.21. The van der Waals surface area contributed by atoms with Crippen LogP contribution >= 0.6 is 23.5 Å². The molecule has 19 heavy (non-hydrogen) atoms. The van der Waals surface area contributed by atoms with Gasteiger partial charge in [0.05, 0.1) is 6.07 Å². The summed E-state index contributed by atoms with van der Waals surface area (Å²) < 4.78 is 0. The van der Waals surface area contributed by atoms with Crippen molar-refractivity contribution in [2.75, 3.05) is 30.3 Å². The Balaban J connectivity index is 1.74. The van der Waals surface area contributed by atoms with E-state index in [1.807, 2.05) is 0 Å². The van der Waals surface area contributed by atoms with Crippen molar-refractivity contribution in [1.29, 1.82) is 5.26 Å². The van der Waals surface area contributed by atoms with Crippen molar-refractivity contribution in [2.45, 2.75) is 50.2 Å². The van der Waals surface area contributed by atoms with Gasteiger partial charge in [-0.15, -0.1) is 0 Å². The lowest BCUT2D eigenvalue weighted by Crippen LogP contribution is -2.39. The molecule has 2 nitrogen and oxygen atoms in total. The summed E-state index contributed by atoms with van der Waals surface area (Å²) in [6.45, 7) is 2.29. The quantitative estimate of drug-likeness (QED) is 0.811. The minimum Gasteiger partial charge on any atom is -0.315 e. The SMILES string of the molecule is N#CCCC1(CNCC2CSCCS2)CCCCC1. The van der Waals surface area contributed by atoms with Crippen molar-refractivity contribution in [3.63, 3.8) is 0 Å². The molecule has 1 N–H and O–H groups in total. The highest BCUT2D eigenvalue weighted by atomic mass is 32.2. The van der Waals surface area contributed by atoms with Crippen molar-refractivity contribution in [3.05, 3.63) is 0 Å². The third-order valence-corrected chi connectivity index (χ3v) is 7.28. The zero-order valence-electron chi connectivity index (χ0n) is 11.8. The zero-order valence-corrected chi connectivity index (χ0v) is 13.5. The summed E-state index contributed by atoms with van der Waals surface area (Å²) in [4.78, 5) is 0. The summed E-state index contributed by atoms with van der Waals surface area (Å²) in [5, 5.41) is 13.4. The van der Waals surface area contributed by atoms with E-state index in [2.05, 4.69) is 34.9 Å². The zero-order chi connectivity index (χ0) is 13.4. The molecular formula is C15H26N2S2. The van der Waals surface area contributed by atoms with E-state index in [1.165, 1.54) is 49.4 Å². The largest absolute Gasteiger partial charge is 0.315 e. The molecular weight excluding hydrogens is 272 g/mol. The van der Waals surface area contributed by atoms with Crippen molar-refractivity contribution < 1.29 is 0 Å². The van der Waals surface area contributed by atoms with E-state index in [0.717, 1.165) is 31.2 Å². The van der Waals surface area contributed by atoms with Crippen LogP contribution < -0.4 is 5.32 Å². The van der Waals surface area contributed by atoms with E-state index in [4.69, 9.17) is 5.26 Å². The van der Waals surface area contributed by atoms with E-state index >= 15 is 0 Å². The summed E-state index contributed by atoms with van der Waals surface area (Å²) in [5.41, 5.74) is 0.431. The first-order chi connectivity index (χ1) is 9.35. The topological polar surface area (TPSA) is 35.8 Å². The van der Waals surface area contributed by atoms with Crippen LogP contribution in [0.15, 0.2) is 0 Å². The fourth-order valence-electron chi connectivity index (χ4n) is 3.29. The van der Waals surface area contributed by atoms with Gasteiger partial charge in [0, 0.05) is 42.0 Å². The number of rotatable bonds is 6. The number of nitriles is 1. The van der Waals surface area contributed by atoms with Gasteiger partial charge in [-0.25, -0.2) is 0 Å². The number of nitrogens with zero attached hydrogens (tertiary/aromatic N) is 1. The van der Waals surface area contributed by atoms with Gasteiger partial charge in [-0.05, 0) is 24.7 Å². The third-order valence-electron chi connectivity index (χ3n) is 4.44. The molecule has 1 saturated carbocycles. The smallest absolute Gasteiger partial charge is 0.0621 e. The molecule has 1 aliphatic heterocycles. The first-order valence-electron chi connectivity index (χ1n) is 7.62. The highest BCUT2D eigenvalue weighted by Gasteiger charge is 2.31. The van der Waals surface area contributed by atoms with Crippen LogP contribution in [0.4, 0.5) is 0 Å². The predicted octanol–water partition coefficient (Wildman–Crippen LogP) is 3.68. The lowest BCUT2D eigenvalue weighted by Gasteiger charge is -2.37. The van der Waals surface area contributed by atoms with Crippen LogP contribution in [0.3, 0.4) is 0 Å². The summed E-state index contributed by atoms with van der Waals surface area (Å²) in [6, 6.07) is 2.34. The van der Waals surface area contributed by atoms with Gasteiger partial charge >= 0.3 is 0 Å². The van der Waals surface area contributed by atoms with Gasteiger partial charge < -0.3 is 5.32 Å². The van der Waals surface area contributed by atoms with Crippen molar-refractivity contribution in [2.24, 2.45) is 5.41 Å². The number of thioether (sulfide) groups is 2. The Morgan fingerprint density at radius 2 is 2.05 bits per heavy atom. The van der Waals surface area contributed by atoms with Crippen LogP contribution in [0.2, 0.25) is 0 Å². The number of hydrogen-bond acceptors (Lipinski definition) is 4. The van der Waals surface area contributed by atoms with Gasteiger partial charge in [-0.1, -0.05) is 19.3 Å². The molecule has 1 atom stereocenters. The molecule has 1 aliphatic carbocycles. The molecule has 1 unspecified atom stereocenters. The maximum absolute atomic E-state index is 8.86. The normalized spacial score (nSPS) is 26.8. The van der Waals surface area contributed by atoms with E-state index in [0.29, 0.717) is 5.41 Å². The molecule has 0 aromatic rings. The molecule has 0 radical (unpaired) electrons. The van der Waals surface area contributed by atoms with E-state index in [1.54, 1.807) is 0 Å². The van der Waals surface area contributed by atoms with Gasteiger partial charge in [0.15, 0.2) is 0 Å². The highest BCUT2D eigenvalue weighted by molar-refractivity contribution is 8.06. The van der Waals surface area contributed by atoms with Crippen LogP contribution in [-0.4, -0.2) is 35.6 Å².